The number of carboxylic acids is 1. The van der Waals surface area contributed by atoms with E-state index >= 15 is 0 Å². The van der Waals surface area contributed by atoms with Crippen molar-refractivity contribution in [1.29, 1.82) is 0 Å². The van der Waals surface area contributed by atoms with Crippen LogP contribution in [-0.2, 0) is 4.79 Å². The van der Waals surface area contributed by atoms with Crippen LogP contribution in [0.15, 0.2) is 10.6 Å². The van der Waals surface area contributed by atoms with Crippen molar-refractivity contribution in [2.45, 2.75) is 38.5 Å². The predicted molar refractivity (Wildman–Crippen MR) is 48.2 cm³/mol. The summed E-state index contributed by atoms with van der Waals surface area (Å²) in [6.07, 6.45) is 5.65. The Morgan fingerprint density at radius 3 is 2.33 bits per heavy atom. The Hall–Kier alpha value is -0.500. The molecule has 1 aliphatic rings. The summed E-state index contributed by atoms with van der Waals surface area (Å²) in [5, 5.41) is 9.34. The summed E-state index contributed by atoms with van der Waals surface area (Å²) in [7, 11) is 0. The van der Waals surface area contributed by atoms with Crippen LogP contribution in [0.25, 0.3) is 0 Å². The van der Waals surface area contributed by atoms with Crippen molar-refractivity contribution < 1.29 is 9.90 Å². The molecule has 0 atom stereocenters. The number of halogens is 1. The highest BCUT2D eigenvalue weighted by molar-refractivity contribution is 6.31. The van der Waals surface area contributed by atoms with Crippen LogP contribution < -0.4 is 0 Å². The Morgan fingerprint density at radius 1 is 1.17 bits per heavy atom. The summed E-state index contributed by atoms with van der Waals surface area (Å²) >= 11 is 5.85. The van der Waals surface area contributed by atoms with Crippen LogP contribution >= 0.6 is 11.6 Å². The maximum atomic E-state index is 10.7. The lowest BCUT2D eigenvalue weighted by molar-refractivity contribution is -0.132. The average Bonchev–Trinajstić information content (AvgIpc) is 1.96. The van der Waals surface area contributed by atoms with Crippen molar-refractivity contribution in [2.24, 2.45) is 0 Å². The lowest BCUT2D eigenvalue weighted by Gasteiger charge is -2.10. The fraction of sp³-hybridized carbons (Fsp3) is 0.667. The molecule has 1 aliphatic carbocycles. The number of aliphatic carboxylic acids is 1. The van der Waals surface area contributed by atoms with E-state index in [0.717, 1.165) is 25.7 Å². The maximum absolute atomic E-state index is 10.7. The van der Waals surface area contributed by atoms with Gasteiger partial charge in [0.25, 0.3) is 0 Å². The molecule has 0 saturated heterocycles. The first-order valence-corrected chi connectivity index (χ1v) is 4.70. The van der Waals surface area contributed by atoms with Gasteiger partial charge in [0.1, 0.15) is 0 Å². The smallest absolute Gasteiger partial charge is 0.332 e. The first kappa shape index (κ1) is 9.59. The van der Waals surface area contributed by atoms with E-state index in [1.54, 1.807) is 0 Å². The lowest BCUT2D eigenvalue weighted by Crippen LogP contribution is -2.04. The van der Waals surface area contributed by atoms with Crippen molar-refractivity contribution in [3.63, 3.8) is 0 Å². The number of hydrogen-bond acceptors (Lipinski definition) is 1. The fourth-order valence-corrected chi connectivity index (χ4v) is 1.75. The monoisotopic (exact) mass is 188 g/mol. The van der Waals surface area contributed by atoms with E-state index in [2.05, 4.69) is 0 Å². The molecule has 0 amide bonds. The van der Waals surface area contributed by atoms with Gasteiger partial charge in [-0.15, -0.1) is 0 Å². The van der Waals surface area contributed by atoms with Crippen molar-refractivity contribution in [2.75, 3.05) is 0 Å². The van der Waals surface area contributed by atoms with Gasteiger partial charge < -0.3 is 5.11 Å². The summed E-state index contributed by atoms with van der Waals surface area (Å²) < 4.78 is 0. The molecule has 0 aromatic carbocycles. The molecule has 0 aromatic heterocycles. The van der Waals surface area contributed by atoms with Gasteiger partial charge in [0.15, 0.2) is 0 Å². The second kappa shape index (κ2) is 4.51. The highest BCUT2D eigenvalue weighted by atomic mass is 35.5. The standard InChI is InChI=1S/C9H13ClO2/c10-8-6-4-2-1-3-5-7(8)9(11)12/h1-6H2,(H,11,12)/b8-7-. The van der Waals surface area contributed by atoms with Crippen LogP contribution in [0.1, 0.15) is 38.5 Å². The Bertz CT molecular complexity index is 209. The van der Waals surface area contributed by atoms with Gasteiger partial charge in [0.2, 0.25) is 0 Å². The van der Waals surface area contributed by atoms with E-state index in [-0.39, 0.29) is 0 Å². The lowest BCUT2D eigenvalue weighted by atomic mass is 10.00. The second-order valence-corrected chi connectivity index (χ2v) is 3.56. The average molecular weight is 189 g/mol. The minimum absolute atomic E-state index is 0.427. The van der Waals surface area contributed by atoms with Crippen LogP contribution in [0.2, 0.25) is 0 Å². The minimum atomic E-state index is -0.845. The van der Waals surface area contributed by atoms with Gasteiger partial charge in [0, 0.05) is 5.03 Å². The quantitative estimate of drug-likeness (QED) is 0.687. The summed E-state index contributed by atoms with van der Waals surface area (Å²) in [5.41, 5.74) is 0.427. The molecule has 0 unspecified atom stereocenters. The first-order chi connectivity index (χ1) is 5.72. The van der Waals surface area contributed by atoms with Crippen molar-refractivity contribution >= 4 is 17.6 Å². The normalized spacial score (nSPS) is 26.1. The molecule has 0 aliphatic heterocycles. The zero-order valence-corrected chi connectivity index (χ0v) is 7.73. The molecule has 0 radical (unpaired) electrons. The Labute approximate surface area is 77.2 Å². The summed E-state index contributed by atoms with van der Waals surface area (Å²) in [5.74, 6) is -0.845. The van der Waals surface area contributed by atoms with Gasteiger partial charge >= 0.3 is 5.97 Å². The molecule has 0 aromatic rings. The molecule has 12 heavy (non-hydrogen) atoms. The number of rotatable bonds is 1. The number of carbonyl (C=O) groups is 1. The van der Waals surface area contributed by atoms with E-state index in [0.29, 0.717) is 17.0 Å². The Balaban J connectivity index is 2.73. The molecule has 2 nitrogen and oxygen atoms in total. The molecule has 0 spiro atoms. The fourth-order valence-electron chi connectivity index (χ4n) is 1.45. The molecule has 68 valence electrons. The Kier molecular flexibility index (Phi) is 3.60. The molecule has 0 heterocycles. The van der Waals surface area contributed by atoms with Crippen molar-refractivity contribution in [3.8, 4) is 0 Å². The molecule has 1 N–H and O–H groups in total. The Morgan fingerprint density at radius 2 is 1.75 bits per heavy atom. The summed E-state index contributed by atoms with van der Waals surface area (Å²) in [4.78, 5) is 10.7. The largest absolute Gasteiger partial charge is 0.478 e. The molecule has 1 rings (SSSR count). The third-order valence-corrected chi connectivity index (χ3v) is 2.58. The third-order valence-electron chi connectivity index (χ3n) is 2.16. The summed E-state index contributed by atoms with van der Waals surface area (Å²) in [6.45, 7) is 0. The maximum Gasteiger partial charge on any atom is 0.332 e. The predicted octanol–water partition coefficient (Wildman–Crippen LogP) is 2.92. The van der Waals surface area contributed by atoms with Gasteiger partial charge in [-0.1, -0.05) is 24.4 Å². The number of allylic oxidation sites excluding steroid dienone is 1. The van der Waals surface area contributed by atoms with Crippen LogP contribution in [0.4, 0.5) is 0 Å². The molecule has 0 fully saturated rings. The molecule has 0 saturated carbocycles. The van der Waals surface area contributed by atoms with E-state index in [4.69, 9.17) is 16.7 Å². The van der Waals surface area contributed by atoms with Gasteiger partial charge in [-0.3, -0.25) is 0 Å². The van der Waals surface area contributed by atoms with E-state index < -0.39 is 5.97 Å². The van der Waals surface area contributed by atoms with Crippen molar-refractivity contribution in [3.05, 3.63) is 10.6 Å². The van der Waals surface area contributed by atoms with E-state index in [9.17, 15) is 4.79 Å². The topological polar surface area (TPSA) is 37.3 Å². The molecule has 0 bridgehead atoms. The first-order valence-electron chi connectivity index (χ1n) is 4.32. The highest BCUT2D eigenvalue weighted by Gasteiger charge is 2.14. The number of carboxylic acid groups (broad SMARTS) is 1. The van der Waals surface area contributed by atoms with Crippen LogP contribution in [0.5, 0.6) is 0 Å². The van der Waals surface area contributed by atoms with E-state index in [1.807, 2.05) is 0 Å². The minimum Gasteiger partial charge on any atom is -0.478 e. The molecular weight excluding hydrogens is 176 g/mol. The second-order valence-electron chi connectivity index (χ2n) is 3.10. The zero-order chi connectivity index (χ0) is 8.97. The SMILES string of the molecule is O=C(O)/C1=C(\Cl)CCCCCC1. The zero-order valence-electron chi connectivity index (χ0n) is 6.98. The third kappa shape index (κ3) is 2.52. The highest BCUT2D eigenvalue weighted by Crippen LogP contribution is 2.25. The molecular formula is C9H13ClO2. The molecule has 3 heteroatoms. The van der Waals surface area contributed by atoms with Gasteiger partial charge in [0.05, 0.1) is 5.57 Å². The van der Waals surface area contributed by atoms with Crippen LogP contribution in [0.3, 0.4) is 0 Å². The van der Waals surface area contributed by atoms with Gasteiger partial charge in [-0.25, -0.2) is 4.79 Å². The van der Waals surface area contributed by atoms with Crippen LogP contribution in [-0.4, -0.2) is 11.1 Å². The van der Waals surface area contributed by atoms with Gasteiger partial charge in [-0.05, 0) is 25.7 Å². The van der Waals surface area contributed by atoms with E-state index in [1.165, 1.54) is 6.42 Å². The van der Waals surface area contributed by atoms with Gasteiger partial charge in [-0.2, -0.15) is 0 Å². The van der Waals surface area contributed by atoms with Crippen molar-refractivity contribution in [1.82, 2.24) is 0 Å². The van der Waals surface area contributed by atoms with Crippen LogP contribution in [0, 0.1) is 0 Å². The number of hydrogen-bond donors (Lipinski definition) is 1. The summed E-state index contributed by atoms with van der Waals surface area (Å²) in [6, 6.07) is 0.